The normalized spacial score (nSPS) is 16.1. The van der Waals surface area contributed by atoms with Gasteiger partial charge in [0.15, 0.2) is 0 Å². The van der Waals surface area contributed by atoms with Crippen LogP contribution in [0.2, 0.25) is 0 Å². The Balaban J connectivity index is 1.73. The van der Waals surface area contributed by atoms with Gasteiger partial charge in [-0.1, -0.05) is 38.1 Å². The molecule has 3 amide bonds. The van der Waals surface area contributed by atoms with E-state index in [-0.39, 0.29) is 35.6 Å². The van der Waals surface area contributed by atoms with Gasteiger partial charge in [0.1, 0.15) is 11.9 Å². The summed E-state index contributed by atoms with van der Waals surface area (Å²) in [6, 6.07) is 12.2. The second-order valence-electron chi connectivity index (χ2n) is 9.45. The summed E-state index contributed by atoms with van der Waals surface area (Å²) in [5, 5.41) is 6.01. The van der Waals surface area contributed by atoms with Crippen LogP contribution in [0.3, 0.4) is 0 Å². The number of carbonyl (C=O) groups excluding carboxylic acids is 3. The lowest BCUT2D eigenvalue weighted by Crippen LogP contribution is -2.55. The molecule has 2 N–H and O–H groups in total. The summed E-state index contributed by atoms with van der Waals surface area (Å²) in [6.07, 6.45) is 1.12. The molecule has 0 aromatic heterocycles. The summed E-state index contributed by atoms with van der Waals surface area (Å²) in [5.74, 6) is -1.04. The number of nitrogens with zero attached hydrogens (tertiary/aromatic N) is 1. The molecule has 7 heteroatoms. The summed E-state index contributed by atoms with van der Waals surface area (Å²) in [4.78, 5) is 40.8. The number of aryl methyl sites for hydroxylation is 1. The lowest BCUT2D eigenvalue weighted by molar-refractivity contribution is -0.125. The van der Waals surface area contributed by atoms with Gasteiger partial charge in [-0.15, -0.1) is 0 Å². The van der Waals surface area contributed by atoms with Crippen molar-refractivity contribution in [3.05, 3.63) is 71.0 Å². The van der Waals surface area contributed by atoms with Crippen LogP contribution in [0.15, 0.2) is 48.5 Å². The second-order valence-corrected chi connectivity index (χ2v) is 9.45. The van der Waals surface area contributed by atoms with Gasteiger partial charge < -0.3 is 15.5 Å². The molecule has 0 unspecified atom stereocenters. The van der Waals surface area contributed by atoms with Crippen molar-refractivity contribution in [2.75, 3.05) is 13.1 Å². The number of carbonyl (C=O) groups is 3. The predicted molar refractivity (Wildman–Crippen MR) is 130 cm³/mol. The number of piperidine rings is 1. The van der Waals surface area contributed by atoms with Gasteiger partial charge >= 0.3 is 0 Å². The summed E-state index contributed by atoms with van der Waals surface area (Å²) >= 11 is 0. The third kappa shape index (κ3) is 6.22. The summed E-state index contributed by atoms with van der Waals surface area (Å²) in [5.41, 5.74) is 1.69. The zero-order valence-electron chi connectivity index (χ0n) is 20.3. The molecule has 34 heavy (non-hydrogen) atoms. The maximum Gasteiger partial charge on any atom is 0.253 e. The first-order valence-corrected chi connectivity index (χ1v) is 11.9. The van der Waals surface area contributed by atoms with Crippen LogP contribution >= 0.6 is 0 Å². The Labute approximate surface area is 200 Å². The van der Waals surface area contributed by atoms with E-state index in [2.05, 4.69) is 10.6 Å². The van der Waals surface area contributed by atoms with Crippen molar-refractivity contribution in [2.45, 2.75) is 52.6 Å². The van der Waals surface area contributed by atoms with Crippen LogP contribution in [0.1, 0.15) is 59.9 Å². The molecule has 0 aliphatic carbocycles. The smallest absolute Gasteiger partial charge is 0.253 e. The third-order valence-corrected chi connectivity index (χ3v) is 6.70. The van der Waals surface area contributed by atoms with E-state index >= 15 is 0 Å². The maximum absolute atomic E-state index is 13.5. The van der Waals surface area contributed by atoms with E-state index in [1.165, 1.54) is 18.2 Å². The number of benzene rings is 2. The van der Waals surface area contributed by atoms with Gasteiger partial charge in [0.2, 0.25) is 5.91 Å². The molecule has 6 nitrogen and oxygen atoms in total. The van der Waals surface area contributed by atoms with Crippen LogP contribution in [-0.4, -0.2) is 47.8 Å². The molecule has 1 aliphatic rings. The van der Waals surface area contributed by atoms with Crippen LogP contribution < -0.4 is 10.6 Å². The van der Waals surface area contributed by atoms with Crippen LogP contribution in [-0.2, 0) is 4.79 Å². The fourth-order valence-corrected chi connectivity index (χ4v) is 4.16. The molecule has 2 atom stereocenters. The molecule has 3 rings (SSSR count). The van der Waals surface area contributed by atoms with Gasteiger partial charge in [0, 0.05) is 30.3 Å². The Kier molecular flexibility index (Phi) is 8.42. The highest BCUT2D eigenvalue weighted by Crippen LogP contribution is 2.24. The minimum absolute atomic E-state index is 0.0417. The van der Waals surface area contributed by atoms with Gasteiger partial charge in [-0.25, -0.2) is 4.39 Å². The Morgan fingerprint density at radius 3 is 2.26 bits per heavy atom. The zero-order valence-corrected chi connectivity index (χ0v) is 20.3. The summed E-state index contributed by atoms with van der Waals surface area (Å²) < 4.78 is 13.5. The summed E-state index contributed by atoms with van der Waals surface area (Å²) in [6.45, 7) is 8.74. The lowest BCUT2D eigenvalue weighted by Gasteiger charge is -2.36. The average Bonchev–Trinajstić information content (AvgIpc) is 2.82. The van der Waals surface area contributed by atoms with Gasteiger partial charge in [-0.3, -0.25) is 14.4 Å². The average molecular weight is 468 g/mol. The van der Waals surface area contributed by atoms with E-state index in [0.717, 1.165) is 5.56 Å². The molecule has 1 saturated heterocycles. The Morgan fingerprint density at radius 2 is 1.65 bits per heavy atom. The predicted octanol–water partition coefficient (Wildman–Crippen LogP) is 3.95. The van der Waals surface area contributed by atoms with Gasteiger partial charge in [-0.2, -0.15) is 0 Å². The number of likely N-dealkylation sites (tertiary alicyclic amines) is 1. The van der Waals surface area contributed by atoms with E-state index in [9.17, 15) is 18.8 Å². The van der Waals surface area contributed by atoms with Crippen molar-refractivity contribution in [2.24, 2.45) is 11.8 Å². The number of hydrogen-bond acceptors (Lipinski definition) is 3. The number of nitrogens with one attached hydrogen (secondary N) is 2. The van der Waals surface area contributed by atoms with Gasteiger partial charge in [-0.05, 0) is 68.4 Å². The highest BCUT2D eigenvalue weighted by atomic mass is 19.1. The lowest BCUT2D eigenvalue weighted by atomic mass is 9.87. The first-order valence-electron chi connectivity index (χ1n) is 11.9. The molecule has 2 aromatic carbocycles. The van der Waals surface area contributed by atoms with Crippen LogP contribution in [0, 0.1) is 24.6 Å². The molecule has 1 fully saturated rings. The topological polar surface area (TPSA) is 78.5 Å². The maximum atomic E-state index is 13.5. The third-order valence-electron chi connectivity index (χ3n) is 6.70. The van der Waals surface area contributed by atoms with E-state index in [0.29, 0.717) is 37.1 Å². The molecule has 0 bridgehead atoms. The molecule has 2 aromatic rings. The van der Waals surface area contributed by atoms with Crippen LogP contribution in [0.5, 0.6) is 0 Å². The highest BCUT2D eigenvalue weighted by molar-refractivity contribution is 5.99. The highest BCUT2D eigenvalue weighted by Gasteiger charge is 2.35. The fraction of sp³-hybridized carbons (Fsp3) is 0.444. The van der Waals surface area contributed by atoms with Crippen LogP contribution in [0.4, 0.5) is 4.39 Å². The number of amides is 3. The number of hydrogen-bond donors (Lipinski definition) is 2. The fourth-order valence-electron chi connectivity index (χ4n) is 4.16. The SMILES string of the molecule is Cc1ccccc1C(=O)N[C@@H](C(=O)N[C@@H](C)C(C)C)C1CCN(C(=O)c2cccc(F)c2)CC1. The molecule has 1 aliphatic heterocycles. The van der Waals surface area contributed by atoms with Crippen molar-refractivity contribution in [3.8, 4) is 0 Å². The standard InChI is InChI=1S/C27H34FN3O3/c1-17(2)19(4)29-26(33)24(30-25(32)23-11-6-5-8-18(23)3)20-12-14-31(15-13-20)27(34)21-9-7-10-22(28)16-21/h5-11,16-17,19-20,24H,12-15H2,1-4H3,(H,29,33)(H,30,32)/t19-,24+/m0/s1. The monoisotopic (exact) mass is 467 g/mol. The largest absolute Gasteiger partial charge is 0.352 e. The van der Waals surface area contributed by atoms with Crippen molar-refractivity contribution >= 4 is 17.7 Å². The van der Waals surface area contributed by atoms with Crippen molar-refractivity contribution < 1.29 is 18.8 Å². The molecule has 0 spiro atoms. The van der Waals surface area contributed by atoms with Crippen molar-refractivity contribution in [3.63, 3.8) is 0 Å². The molecular weight excluding hydrogens is 433 g/mol. The molecular formula is C27H34FN3O3. The van der Waals surface area contributed by atoms with E-state index in [1.807, 2.05) is 39.8 Å². The molecule has 0 saturated carbocycles. The molecule has 0 radical (unpaired) electrons. The van der Waals surface area contributed by atoms with E-state index in [1.54, 1.807) is 23.1 Å². The van der Waals surface area contributed by atoms with E-state index < -0.39 is 11.9 Å². The Hall–Kier alpha value is -3.22. The van der Waals surface area contributed by atoms with Gasteiger partial charge in [0.05, 0.1) is 0 Å². The van der Waals surface area contributed by atoms with Crippen molar-refractivity contribution in [1.82, 2.24) is 15.5 Å². The number of halogens is 1. The minimum Gasteiger partial charge on any atom is -0.352 e. The first-order chi connectivity index (χ1) is 16.2. The Morgan fingerprint density at radius 1 is 0.971 bits per heavy atom. The van der Waals surface area contributed by atoms with Gasteiger partial charge in [0.25, 0.3) is 11.8 Å². The first kappa shape index (κ1) is 25.4. The Bertz CT molecular complexity index is 1030. The molecule has 1 heterocycles. The van der Waals surface area contributed by atoms with Crippen LogP contribution in [0.25, 0.3) is 0 Å². The zero-order chi connectivity index (χ0) is 24.8. The second kappa shape index (κ2) is 11.3. The number of rotatable bonds is 7. The molecule has 182 valence electrons. The quantitative estimate of drug-likeness (QED) is 0.647. The van der Waals surface area contributed by atoms with E-state index in [4.69, 9.17) is 0 Å². The van der Waals surface area contributed by atoms with Crippen molar-refractivity contribution in [1.29, 1.82) is 0 Å². The summed E-state index contributed by atoms with van der Waals surface area (Å²) in [7, 11) is 0. The minimum atomic E-state index is -0.709.